The van der Waals surface area contributed by atoms with Gasteiger partial charge in [-0.05, 0) is 55.7 Å². The van der Waals surface area contributed by atoms with Crippen LogP contribution in [-0.2, 0) is 9.53 Å². The third-order valence-corrected chi connectivity index (χ3v) is 4.45. The number of hydrogen-bond acceptors (Lipinski definition) is 4. The van der Waals surface area contributed by atoms with Crippen LogP contribution in [0.1, 0.15) is 47.5 Å². The molecule has 0 saturated carbocycles. The molecule has 1 aliphatic rings. The number of ether oxygens (including phenoxy) is 1. The maximum atomic E-state index is 11.1. The summed E-state index contributed by atoms with van der Waals surface area (Å²) in [6.45, 7) is 10.3. The van der Waals surface area contributed by atoms with E-state index in [2.05, 4.69) is 35.9 Å². The highest BCUT2D eigenvalue weighted by molar-refractivity contribution is 6.01. The second kappa shape index (κ2) is 9.21. The molecule has 136 valence electrons. The first kappa shape index (κ1) is 20.7. The molecule has 0 aliphatic heterocycles. The van der Waals surface area contributed by atoms with E-state index in [0.29, 0.717) is 0 Å². The molecule has 0 saturated heterocycles. The molecule has 0 atom stereocenters. The average Bonchev–Trinajstić information content (AvgIpc) is 2.54. The van der Waals surface area contributed by atoms with Crippen LogP contribution in [0.2, 0.25) is 0 Å². The Morgan fingerprint density at radius 2 is 1.92 bits per heavy atom. The molecule has 1 N–H and O–H groups in total. The van der Waals surface area contributed by atoms with Gasteiger partial charge in [-0.25, -0.2) is 4.79 Å². The summed E-state index contributed by atoms with van der Waals surface area (Å²) >= 11 is 0. The quantitative estimate of drug-likeness (QED) is 0.247. The van der Waals surface area contributed by atoms with Gasteiger partial charge in [0.15, 0.2) is 0 Å². The van der Waals surface area contributed by atoms with Crippen molar-refractivity contribution in [2.45, 2.75) is 47.5 Å². The summed E-state index contributed by atoms with van der Waals surface area (Å²) < 4.78 is 4.59. The van der Waals surface area contributed by atoms with E-state index in [-0.39, 0.29) is 11.4 Å². The molecule has 0 aromatic rings. The van der Waals surface area contributed by atoms with Crippen molar-refractivity contribution in [3.63, 3.8) is 0 Å². The van der Waals surface area contributed by atoms with Crippen molar-refractivity contribution in [1.29, 1.82) is 0 Å². The smallest absolute Gasteiger partial charge is 0.330 e. The number of oxime groups is 1. The van der Waals surface area contributed by atoms with Crippen LogP contribution < -0.4 is 0 Å². The van der Waals surface area contributed by atoms with Crippen LogP contribution in [0.4, 0.5) is 0 Å². The summed E-state index contributed by atoms with van der Waals surface area (Å²) in [5.74, 6) is -0.356. The van der Waals surface area contributed by atoms with Crippen molar-refractivity contribution in [1.82, 2.24) is 0 Å². The van der Waals surface area contributed by atoms with Gasteiger partial charge in [-0.15, -0.1) is 0 Å². The largest absolute Gasteiger partial charge is 0.466 e. The van der Waals surface area contributed by atoms with E-state index in [1.54, 1.807) is 0 Å². The minimum atomic E-state index is -0.356. The molecule has 0 spiro atoms. The molecule has 25 heavy (non-hydrogen) atoms. The molecule has 0 radical (unpaired) electrons. The molecule has 0 aromatic carbocycles. The number of rotatable bonds is 5. The zero-order valence-electron chi connectivity index (χ0n) is 16.1. The molecule has 1 rings (SSSR count). The first-order valence-electron chi connectivity index (χ1n) is 8.43. The lowest BCUT2D eigenvalue weighted by Gasteiger charge is -2.33. The van der Waals surface area contributed by atoms with Crippen LogP contribution >= 0.6 is 0 Å². The van der Waals surface area contributed by atoms with E-state index in [1.165, 1.54) is 18.8 Å². The number of hydrogen-bond donors (Lipinski definition) is 1. The lowest BCUT2D eigenvalue weighted by Crippen LogP contribution is -2.24. The zero-order valence-corrected chi connectivity index (χ0v) is 16.1. The molecule has 4 heteroatoms. The predicted molar refractivity (Wildman–Crippen MR) is 103 cm³/mol. The molecule has 4 nitrogen and oxygen atoms in total. The highest BCUT2D eigenvalue weighted by atomic mass is 16.5. The zero-order chi connectivity index (χ0) is 19.0. The number of allylic oxidation sites excluding steroid dienone is 9. The molecule has 1 aliphatic carbocycles. The van der Waals surface area contributed by atoms with Crippen LogP contribution in [0.15, 0.2) is 63.9 Å². The lowest BCUT2D eigenvalue weighted by atomic mass is 9.72. The van der Waals surface area contributed by atoms with Crippen molar-refractivity contribution in [2.24, 2.45) is 10.6 Å². The van der Waals surface area contributed by atoms with Gasteiger partial charge in [-0.3, -0.25) is 0 Å². The third kappa shape index (κ3) is 6.22. The first-order valence-corrected chi connectivity index (χ1v) is 8.43. The van der Waals surface area contributed by atoms with Gasteiger partial charge in [0.05, 0.1) is 12.8 Å². The monoisotopic (exact) mass is 343 g/mol. The van der Waals surface area contributed by atoms with E-state index in [0.717, 1.165) is 35.3 Å². The number of esters is 1. The summed E-state index contributed by atoms with van der Waals surface area (Å²) in [7, 11) is 1.36. The van der Waals surface area contributed by atoms with Crippen LogP contribution in [0.3, 0.4) is 0 Å². The van der Waals surface area contributed by atoms with Gasteiger partial charge in [-0.1, -0.05) is 55.0 Å². The average molecular weight is 343 g/mol. The Morgan fingerprint density at radius 3 is 2.52 bits per heavy atom. The molecular weight excluding hydrogens is 314 g/mol. The van der Waals surface area contributed by atoms with Crippen molar-refractivity contribution < 1.29 is 14.7 Å². The van der Waals surface area contributed by atoms with Gasteiger partial charge in [0.25, 0.3) is 0 Å². The van der Waals surface area contributed by atoms with Crippen LogP contribution in [0.25, 0.3) is 0 Å². The molecule has 0 unspecified atom stereocenters. The molecule has 0 bridgehead atoms. The van der Waals surface area contributed by atoms with Crippen molar-refractivity contribution in [3.05, 3.63) is 58.7 Å². The van der Waals surface area contributed by atoms with Crippen molar-refractivity contribution in [3.8, 4) is 0 Å². The van der Waals surface area contributed by atoms with Gasteiger partial charge in [-0.2, -0.15) is 0 Å². The van der Waals surface area contributed by atoms with Crippen molar-refractivity contribution >= 4 is 11.7 Å². The SMILES string of the molecule is COC(=O)/C=C(C)/C=C/C=C(C)/C=C/C1=C(C)C(=N/O)/CCC1(C)C. The van der Waals surface area contributed by atoms with E-state index >= 15 is 0 Å². The Balaban J connectivity index is 2.92. The van der Waals surface area contributed by atoms with Gasteiger partial charge in [0.2, 0.25) is 0 Å². The normalized spacial score (nSPS) is 20.8. The van der Waals surface area contributed by atoms with Gasteiger partial charge < -0.3 is 9.94 Å². The fourth-order valence-electron chi connectivity index (χ4n) is 2.81. The Kier molecular flexibility index (Phi) is 7.62. The van der Waals surface area contributed by atoms with Crippen LogP contribution in [0, 0.1) is 5.41 Å². The first-order chi connectivity index (χ1) is 11.7. The molecular formula is C21H29NO3. The topological polar surface area (TPSA) is 58.9 Å². The minimum Gasteiger partial charge on any atom is -0.466 e. The van der Waals surface area contributed by atoms with Crippen LogP contribution in [-0.4, -0.2) is 24.0 Å². The van der Waals surface area contributed by atoms with E-state index in [4.69, 9.17) is 5.21 Å². The Morgan fingerprint density at radius 1 is 1.24 bits per heavy atom. The number of carbonyl (C=O) groups is 1. The molecule has 0 fully saturated rings. The fourth-order valence-corrected chi connectivity index (χ4v) is 2.81. The molecule has 0 aromatic heterocycles. The standard InChI is InChI=1S/C21H29NO3/c1-15(8-7-9-16(2)14-20(23)25-6)10-11-18-17(3)19(22-24)12-13-21(18,4)5/h7-11,14,24H,12-13H2,1-6H3/b9-7+,11-10+,15-8+,16-14+,22-19+. The maximum Gasteiger partial charge on any atom is 0.330 e. The van der Waals surface area contributed by atoms with Gasteiger partial charge >= 0.3 is 5.97 Å². The van der Waals surface area contributed by atoms with E-state index < -0.39 is 0 Å². The predicted octanol–water partition coefficient (Wildman–Crippen LogP) is 5.13. The molecule has 0 amide bonds. The summed E-state index contributed by atoms with van der Waals surface area (Å²) in [4.78, 5) is 11.1. The second-order valence-electron chi connectivity index (χ2n) is 6.98. The van der Waals surface area contributed by atoms with Crippen LogP contribution in [0.5, 0.6) is 0 Å². The Labute approximate surface area is 151 Å². The highest BCUT2D eigenvalue weighted by Gasteiger charge is 2.29. The highest BCUT2D eigenvalue weighted by Crippen LogP contribution is 2.39. The lowest BCUT2D eigenvalue weighted by molar-refractivity contribution is -0.134. The van der Waals surface area contributed by atoms with Crippen molar-refractivity contribution in [2.75, 3.05) is 7.11 Å². The number of methoxy groups -OCH3 is 1. The van der Waals surface area contributed by atoms with E-state index in [9.17, 15) is 4.79 Å². The summed E-state index contributed by atoms with van der Waals surface area (Å²) in [5.41, 5.74) is 5.00. The number of nitrogens with zero attached hydrogens (tertiary/aromatic N) is 1. The summed E-state index contributed by atoms with van der Waals surface area (Å²) in [6.07, 6.45) is 13.1. The Bertz CT molecular complexity index is 686. The Hall–Kier alpha value is -2.36. The van der Waals surface area contributed by atoms with Gasteiger partial charge in [0, 0.05) is 6.08 Å². The van der Waals surface area contributed by atoms with Gasteiger partial charge in [0.1, 0.15) is 0 Å². The fraction of sp³-hybridized carbons (Fsp3) is 0.429. The van der Waals surface area contributed by atoms with E-state index in [1.807, 2.05) is 39.0 Å². The third-order valence-electron chi connectivity index (χ3n) is 4.45. The maximum absolute atomic E-state index is 11.1. The summed E-state index contributed by atoms with van der Waals surface area (Å²) in [6, 6.07) is 0. The second-order valence-corrected chi connectivity index (χ2v) is 6.98. The number of carbonyl (C=O) groups excluding carboxylic acids is 1. The minimum absolute atomic E-state index is 0.0603. The summed E-state index contributed by atoms with van der Waals surface area (Å²) in [5, 5.41) is 12.6. The molecule has 0 heterocycles.